The minimum atomic E-state index is -0.929. The number of hydrogen-bond acceptors (Lipinski definition) is 4. The van der Waals surface area contributed by atoms with Gasteiger partial charge in [0.1, 0.15) is 10.8 Å². The van der Waals surface area contributed by atoms with Crippen molar-refractivity contribution in [3.8, 4) is 0 Å². The molecule has 1 aliphatic carbocycles. The molecule has 0 spiro atoms. The summed E-state index contributed by atoms with van der Waals surface area (Å²) in [5.41, 5.74) is 1.54. The van der Waals surface area contributed by atoms with E-state index in [0.717, 1.165) is 35.1 Å². The standard InChI is InChI=1S/C24H28O4/c1-5-15-23(21(25)27-3)17-11-7-9-13-19(17)24(16-6-2,22(26)28-4)20-14-10-8-12-18(20)23/h7-14H,5-6,15-16H2,1-4H3. The van der Waals surface area contributed by atoms with E-state index in [1.54, 1.807) is 0 Å². The van der Waals surface area contributed by atoms with Crippen molar-refractivity contribution in [2.75, 3.05) is 14.2 Å². The van der Waals surface area contributed by atoms with Gasteiger partial charge in [0.05, 0.1) is 14.2 Å². The minimum Gasteiger partial charge on any atom is -0.468 e. The lowest BCUT2D eigenvalue weighted by Gasteiger charge is -2.46. The minimum absolute atomic E-state index is 0.288. The summed E-state index contributed by atoms with van der Waals surface area (Å²) < 4.78 is 10.6. The van der Waals surface area contributed by atoms with Crippen molar-refractivity contribution in [1.82, 2.24) is 0 Å². The van der Waals surface area contributed by atoms with Crippen molar-refractivity contribution in [1.29, 1.82) is 0 Å². The summed E-state index contributed by atoms with van der Waals surface area (Å²) in [6, 6.07) is 15.6. The van der Waals surface area contributed by atoms with Crippen molar-refractivity contribution in [3.05, 3.63) is 70.8 Å². The summed E-state index contributed by atoms with van der Waals surface area (Å²) in [5.74, 6) is -0.576. The molecule has 0 bridgehead atoms. The van der Waals surface area contributed by atoms with Crippen molar-refractivity contribution in [2.24, 2.45) is 0 Å². The number of methoxy groups -OCH3 is 2. The summed E-state index contributed by atoms with van der Waals surface area (Å²) in [4.78, 5) is 26.5. The maximum absolute atomic E-state index is 13.3. The molecule has 148 valence electrons. The fourth-order valence-electron chi connectivity index (χ4n) is 5.03. The number of carbonyl (C=O) groups excluding carboxylic acids is 2. The Kier molecular flexibility index (Phi) is 5.59. The molecule has 3 rings (SSSR count). The molecule has 0 amide bonds. The fourth-order valence-corrected chi connectivity index (χ4v) is 5.03. The van der Waals surface area contributed by atoms with Gasteiger partial charge in [-0.25, -0.2) is 0 Å². The smallest absolute Gasteiger partial charge is 0.320 e. The number of ether oxygens (including phenoxy) is 2. The van der Waals surface area contributed by atoms with E-state index in [1.807, 2.05) is 48.5 Å². The maximum atomic E-state index is 13.3. The van der Waals surface area contributed by atoms with Crippen molar-refractivity contribution in [3.63, 3.8) is 0 Å². The first-order valence-electron chi connectivity index (χ1n) is 9.91. The number of rotatable bonds is 6. The first-order valence-corrected chi connectivity index (χ1v) is 9.91. The molecule has 0 N–H and O–H groups in total. The number of carbonyl (C=O) groups is 2. The quantitative estimate of drug-likeness (QED) is 0.692. The molecule has 0 aliphatic heterocycles. The number of benzene rings is 2. The average molecular weight is 380 g/mol. The Balaban J connectivity index is 2.50. The molecule has 4 heteroatoms. The van der Waals surface area contributed by atoms with Gasteiger partial charge in [-0.1, -0.05) is 75.2 Å². The van der Waals surface area contributed by atoms with Crippen LogP contribution in [0, 0.1) is 0 Å². The predicted molar refractivity (Wildman–Crippen MR) is 108 cm³/mol. The van der Waals surface area contributed by atoms with E-state index in [0.29, 0.717) is 12.8 Å². The highest BCUT2D eigenvalue weighted by Crippen LogP contribution is 2.54. The van der Waals surface area contributed by atoms with Gasteiger partial charge in [-0.3, -0.25) is 9.59 Å². The van der Waals surface area contributed by atoms with Crippen LogP contribution in [0.2, 0.25) is 0 Å². The van der Waals surface area contributed by atoms with E-state index in [2.05, 4.69) is 13.8 Å². The normalized spacial score (nSPS) is 22.7. The third-order valence-electron chi connectivity index (χ3n) is 6.01. The highest BCUT2D eigenvalue weighted by Gasteiger charge is 2.57. The molecule has 0 unspecified atom stereocenters. The summed E-state index contributed by atoms with van der Waals surface area (Å²) in [5, 5.41) is 0. The number of esters is 2. The Morgan fingerprint density at radius 2 is 0.964 bits per heavy atom. The molecular weight excluding hydrogens is 352 g/mol. The fraction of sp³-hybridized carbons (Fsp3) is 0.417. The van der Waals surface area contributed by atoms with Crippen molar-refractivity contribution >= 4 is 11.9 Å². The second kappa shape index (κ2) is 7.78. The molecule has 28 heavy (non-hydrogen) atoms. The Morgan fingerprint density at radius 1 is 0.679 bits per heavy atom. The lowest BCUT2D eigenvalue weighted by Crippen LogP contribution is -2.51. The zero-order valence-electron chi connectivity index (χ0n) is 17.1. The molecule has 2 aromatic rings. The van der Waals surface area contributed by atoms with Crippen LogP contribution in [-0.2, 0) is 29.9 Å². The van der Waals surface area contributed by atoms with Crippen LogP contribution in [0.1, 0.15) is 61.8 Å². The van der Waals surface area contributed by atoms with Gasteiger partial charge in [-0.15, -0.1) is 0 Å². The lowest BCUT2D eigenvalue weighted by molar-refractivity contribution is -0.149. The molecule has 0 fully saturated rings. The predicted octanol–water partition coefficient (Wildman–Crippen LogP) is 4.52. The first-order chi connectivity index (χ1) is 13.5. The first kappa shape index (κ1) is 20.1. The summed E-state index contributed by atoms with van der Waals surface area (Å²) in [6.07, 6.45) is 2.82. The van der Waals surface area contributed by atoms with E-state index < -0.39 is 10.8 Å². The Bertz CT molecular complexity index is 764. The largest absolute Gasteiger partial charge is 0.468 e. The zero-order valence-corrected chi connectivity index (χ0v) is 17.1. The zero-order chi connectivity index (χ0) is 20.4. The second-order valence-corrected chi connectivity index (χ2v) is 7.38. The van der Waals surface area contributed by atoms with Crippen LogP contribution in [-0.4, -0.2) is 26.2 Å². The van der Waals surface area contributed by atoms with Crippen molar-refractivity contribution < 1.29 is 19.1 Å². The van der Waals surface area contributed by atoms with Gasteiger partial charge in [-0.2, -0.15) is 0 Å². The molecule has 0 radical (unpaired) electrons. The van der Waals surface area contributed by atoms with E-state index in [9.17, 15) is 9.59 Å². The van der Waals surface area contributed by atoms with Gasteiger partial charge in [0, 0.05) is 0 Å². The van der Waals surface area contributed by atoms with Crippen LogP contribution < -0.4 is 0 Å². The molecule has 0 aromatic heterocycles. The second-order valence-electron chi connectivity index (χ2n) is 7.38. The summed E-state index contributed by atoms with van der Waals surface area (Å²) in [7, 11) is 2.86. The van der Waals surface area contributed by atoms with Gasteiger partial charge < -0.3 is 9.47 Å². The number of fused-ring (bicyclic) bond motifs is 2. The van der Waals surface area contributed by atoms with Crippen LogP contribution in [0.5, 0.6) is 0 Å². The van der Waals surface area contributed by atoms with Gasteiger partial charge in [-0.05, 0) is 35.1 Å². The monoisotopic (exact) mass is 380 g/mol. The highest BCUT2D eigenvalue weighted by molar-refractivity contribution is 5.96. The van der Waals surface area contributed by atoms with Crippen LogP contribution in [0.4, 0.5) is 0 Å². The maximum Gasteiger partial charge on any atom is 0.320 e. The Hall–Kier alpha value is -2.62. The summed E-state index contributed by atoms with van der Waals surface area (Å²) >= 11 is 0. The summed E-state index contributed by atoms with van der Waals surface area (Å²) in [6.45, 7) is 4.12. The van der Waals surface area contributed by atoms with Gasteiger partial charge in [0.15, 0.2) is 0 Å². The topological polar surface area (TPSA) is 52.6 Å². The molecule has 0 heterocycles. The van der Waals surface area contributed by atoms with Gasteiger partial charge >= 0.3 is 11.9 Å². The SMILES string of the molecule is CCCC1(C(=O)OC)c2ccccc2C(CCC)(C(=O)OC)c2ccccc21. The molecule has 1 aliphatic rings. The molecular formula is C24H28O4. The highest BCUT2D eigenvalue weighted by atomic mass is 16.5. The Labute approximate surface area is 166 Å². The molecule has 0 atom stereocenters. The molecule has 4 nitrogen and oxygen atoms in total. The van der Waals surface area contributed by atoms with Crippen LogP contribution >= 0.6 is 0 Å². The van der Waals surface area contributed by atoms with E-state index in [-0.39, 0.29) is 11.9 Å². The number of hydrogen-bond donors (Lipinski definition) is 0. The van der Waals surface area contributed by atoms with Crippen LogP contribution in [0.25, 0.3) is 0 Å². The molecule has 2 aromatic carbocycles. The molecule has 0 saturated carbocycles. The van der Waals surface area contributed by atoms with Gasteiger partial charge in [0.2, 0.25) is 0 Å². The van der Waals surface area contributed by atoms with Crippen molar-refractivity contribution in [2.45, 2.75) is 50.4 Å². The van der Waals surface area contributed by atoms with Crippen LogP contribution in [0.3, 0.4) is 0 Å². The van der Waals surface area contributed by atoms with E-state index >= 15 is 0 Å². The van der Waals surface area contributed by atoms with Crippen LogP contribution in [0.15, 0.2) is 48.5 Å². The van der Waals surface area contributed by atoms with E-state index in [4.69, 9.17) is 9.47 Å². The third-order valence-corrected chi connectivity index (χ3v) is 6.01. The third kappa shape index (κ3) is 2.58. The Morgan fingerprint density at radius 3 is 1.18 bits per heavy atom. The lowest BCUT2D eigenvalue weighted by atomic mass is 9.55. The van der Waals surface area contributed by atoms with E-state index in [1.165, 1.54) is 14.2 Å². The van der Waals surface area contributed by atoms with Gasteiger partial charge in [0.25, 0.3) is 0 Å². The average Bonchev–Trinajstić information content (AvgIpc) is 2.74. The molecule has 0 saturated heterocycles.